The maximum atomic E-state index is 12.4. The summed E-state index contributed by atoms with van der Waals surface area (Å²) in [7, 11) is 0. The Labute approximate surface area is 165 Å². The lowest BCUT2D eigenvalue weighted by Gasteiger charge is -2.20. The highest BCUT2D eigenvalue weighted by atomic mass is 16.5. The van der Waals surface area contributed by atoms with E-state index < -0.39 is 6.04 Å². The summed E-state index contributed by atoms with van der Waals surface area (Å²) in [6.07, 6.45) is -0.165. The van der Waals surface area contributed by atoms with Crippen molar-refractivity contribution < 1.29 is 23.8 Å². The molecule has 0 saturated heterocycles. The molecule has 0 heterocycles. The molecule has 6 nitrogen and oxygen atoms in total. The van der Waals surface area contributed by atoms with Gasteiger partial charge in [-0.25, -0.2) is 0 Å². The number of hydrogen-bond donors (Lipinski definition) is 1. The van der Waals surface area contributed by atoms with E-state index in [4.69, 9.17) is 14.2 Å². The second-order valence-electron chi connectivity index (χ2n) is 6.44. The Hall–Kier alpha value is -3.02. The largest absolute Gasteiger partial charge is 0.490 e. The van der Waals surface area contributed by atoms with Crippen molar-refractivity contribution in [2.45, 2.75) is 39.3 Å². The molecule has 0 aliphatic carbocycles. The molecule has 0 aromatic heterocycles. The number of esters is 1. The van der Waals surface area contributed by atoms with E-state index >= 15 is 0 Å². The van der Waals surface area contributed by atoms with E-state index in [0.717, 1.165) is 5.56 Å². The minimum absolute atomic E-state index is 0.0451. The van der Waals surface area contributed by atoms with Gasteiger partial charge in [-0.1, -0.05) is 42.5 Å². The molecule has 1 atom stereocenters. The Morgan fingerprint density at radius 1 is 0.929 bits per heavy atom. The molecule has 2 aromatic carbocycles. The van der Waals surface area contributed by atoms with Crippen molar-refractivity contribution in [3.8, 4) is 11.5 Å². The molecule has 6 heteroatoms. The van der Waals surface area contributed by atoms with Crippen molar-refractivity contribution >= 4 is 11.9 Å². The highest BCUT2D eigenvalue weighted by molar-refractivity contribution is 5.79. The minimum Gasteiger partial charge on any atom is -0.490 e. The summed E-state index contributed by atoms with van der Waals surface area (Å²) < 4.78 is 16.3. The number of amides is 1. The summed E-state index contributed by atoms with van der Waals surface area (Å²) >= 11 is 0. The van der Waals surface area contributed by atoms with Crippen LogP contribution >= 0.6 is 0 Å². The average molecular weight is 385 g/mol. The molecule has 0 fully saturated rings. The number of para-hydroxylation sites is 2. The fourth-order valence-corrected chi connectivity index (χ4v) is 2.64. The second-order valence-corrected chi connectivity index (χ2v) is 6.44. The van der Waals surface area contributed by atoms with Crippen LogP contribution in [-0.4, -0.2) is 31.2 Å². The van der Waals surface area contributed by atoms with Crippen molar-refractivity contribution in [3.63, 3.8) is 0 Å². The Morgan fingerprint density at radius 3 is 2.14 bits per heavy atom. The summed E-state index contributed by atoms with van der Waals surface area (Å²) in [5, 5.41) is 2.85. The van der Waals surface area contributed by atoms with Crippen LogP contribution in [0.4, 0.5) is 0 Å². The molecule has 0 bridgehead atoms. The van der Waals surface area contributed by atoms with Gasteiger partial charge in [-0.2, -0.15) is 0 Å². The summed E-state index contributed by atoms with van der Waals surface area (Å²) in [4.78, 5) is 24.5. The predicted molar refractivity (Wildman–Crippen MR) is 106 cm³/mol. The van der Waals surface area contributed by atoms with Crippen LogP contribution < -0.4 is 14.8 Å². The normalized spacial score (nSPS) is 11.6. The Kier molecular flexibility index (Phi) is 8.34. The van der Waals surface area contributed by atoms with Crippen LogP contribution in [0, 0.1) is 0 Å². The van der Waals surface area contributed by atoms with Gasteiger partial charge >= 0.3 is 5.97 Å². The van der Waals surface area contributed by atoms with Crippen LogP contribution in [-0.2, 0) is 14.3 Å². The lowest BCUT2D eigenvalue weighted by molar-refractivity contribution is -0.148. The van der Waals surface area contributed by atoms with Crippen molar-refractivity contribution in [3.05, 3.63) is 60.2 Å². The molecule has 0 saturated carbocycles. The van der Waals surface area contributed by atoms with E-state index in [0.29, 0.717) is 18.1 Å². The van der Waals surface area contributed by atoms with Gasteiger partial charge in [-0.3, -0.25) is 9.59 Å². The molecule has 0 spiro atoms. The van der Waals surface area contributed by atoms with Crippen LogP contribution in [0.1, 0.15) is 38.8 Å². The first-order valence-corrected chi connectivity index (χ1v) is 9.38. The molecule has 2 rings (SSSR count). The number of benzene rings is 2. The Morgan fingerprint density at radius 2 is 1.54 bits per heavy atom. The van der Waals surface area contributed by atoms with Gasteiger partial charge in [0.2, 0.25) is 0 Å². The fourth-order valence-electron chi connectivity index (χ4n) is 2.64. The predicted octanol–water partition coefficient (Wildman–Crippen LogP) is 3.66. The lowest BCUT2D eigenvalue weighted by Crippen LogP contribution is -2.34. The zero-order valence-electron chi connectivity index (χ0n) is 16.5. The number of carbonyl (C=O) groups is 2. The van der Waals surface area contributed by atoms with E-state index in [1.807, 2.05) is 49.4 Å². The van der Waals surface area contributed by atoms with Crippen LogP contribution in [0.3, 0.4) is 0 Å². The number of rotatable bonds is 10. The summed E-state index contributed by atoms with van der Waals surface area (Å²) in [5.41, 5.74) is 0.825. The quantitative estimate of drug-likeness (QED) is 0.632. The third-order valence-corrected chi connectivity index (χ3v) is 3.78. The summed E-state index contributed by atoms with van der Waals surface area (Å²) in [6.45, 7) is 5.77. The highest BCUT2D eigenvalue weighted by Crippen LogP contribution is 2.26. The molecule has 2 aromatic rings. The first-order valence-electron chi connectivity index (χ1n) is 9.38. The van der Waals surface area contributed by atoms with Crippen molar-refractivity contribution in [1.29, 1.82) is 0 Å². The van der Waals surface area contributed by atoms with Gasteiger partial charge in [-0.05, 0) is 38.5 Å². The van der Waals surface area contributed by atoms with E-state index in [1.54, 1.807) is 26.0 Å². The van der Waals surface area contributed by atoms with Gasteiger partial charge in [0, 0.05) is 0 Å². The first kappa shape index (κ1) is 21.3. The molecular formula is C22H27NO5. The molecule has 28 heavy (non-hydrogen) atoms. The monoisotopic (exact) mass is 385 g/mol. The molecule has 0 aliphatic rings. The fraction of sp³-hybridized carbons (Fsp3) is 0.364. The summed E-state index contributed by atoms with van der Waals surface area (Å²) in [5.74, 6) is 0.372. The lowest BCUT2D eigenvalue weighted by atomic mass is 10.0. The van der Waals surface area contributed by atoms with Crippen molar-refractivity contribution in [2.24, 2.45) is 0 Å². The van der Waals surface area contributed by atoms with Gasteiger partial charge < -0.3 is 19.5 Å². The Balaban J connectivity index is 2.01. The maximum absolute atomic E-state index is 12.4. The molecule has 1 unspecified atom stereocenters. The zero-order valence-corrected chi connectivity index (χ0v) is 16.5. The number of hydrogen-bond acceptors (Lipinski definition) is 5. The van der Waals surface area contributed by atoms with E-state index in [2.05, 4.69) is 5.32 Å². The topological polar surface area (TPSA) is 73.9 Å². The SMILES string of the molecule is CCOc1ccccc1OCC(=O)NC(CC(=O)OC(C)C)c1ccccc1. The van der Waals surface area contributed by atoms with E-state index in [-0.39, 0.29) is 31.0 Å². The molecule has 0 radical (unpaired) electrons. The molecule has 150 valence electrons. The number of carbonyl (C=O) groups excluding carboxylic acids is 2. The van der Waals surface area contributed by atoms with Gasteiger partial charge in [0.1, 0.15) is 0 Å². The zero-order chi connectivity index (χ0) is 20.4. The van der Waals surface area contributed by atoms with Crippen molar-refractivity contribution in [1.82, 2.24) is 5.32 Å². The maximum Gasteiger partial charge on any atom is 0.308 e. The van der Waals surface area contributed by atoms with Gasteiger partial charge in [0.15, 0.2) is 18.1 Å². The van der Waals surface area contributed by atoms with Crippen LogP contribution in [0.5, 0.6) is 11.5 Å². The van der Waals surface area contributed by atoms with Gasteiger partial charge in [0.05, 0.1) is 25.2 Å². The van der Waals surface area contributed by atoms with E-state index in [9.17, 15) is 9.59 Å². The van der Waals surface area contributed by atoms with Crippen LogP contribution in [0.15, 0.2) is 54.6 Å². The third-order valence-electron chi connectivity index (χ3n) is 3.78. The third kappa shape index (κ3) is 6.95. The highest BCUT2D eigenvalue weighted by Gasteiger charge is 2.20. The van der Waals surface area contributed by atoms with Crippen molar-refractivity contribution in [2.75, 3.05) is 13.2 Å². The minimum atomic E-state index is -0.495. The second kappa shape index (κ2) is 11.0. The molecule has 1 amide bonds. The molecule has 1 N–H and O–H groups in total. The van der Waals surface area contributed by atoms with Crippen LogP contribution in [0.2, 0.25) is 0 Å². The van der Waals surface area contributed by atoms with E-state index in [1.165, 1.54) is 0 Å². The standard InChI is InChI=1S/C22H27NO5/c1-4-26-19-12-8-9-13-20(19)27-15-21(24)23-18(14-22(25)28-16(2)3)17-10-6-5-7-11-17/h5-13,16,18H,4,14-15H2,1-3H3,(H,23,24). The average Bonchev–Trinajstić information content (AvgIpc) is 2.67. The van der Waals surface area contributed by atoms with Crippen LogP contribution in [0.25, 0.3) is 0 Å². The number of nitrogens with one attached hydrogen (secondary N) is 1. The van der Waals surface area contributed by atoms with Gasteiger partial charge in [-0.15, -0.1) is 0 Å². The summed E-state index contributed by atoms with van der Waals surface area (Å²) in [6, 6.07) is 16.0. The van der Waals surface area contributed by atoms with Gasteiger partial charge in [0.25, 0.3) is 5.91 Å². The smallest absolute Gasteiger partial charge is 0.308 e. The Bertz CT molecular complexity index is 761. The first-order chi connectivity index (χ1) is 13.5. The molecular weight excluding hydrogens is 358 g/mol. The number of ether oxygens (including phenoxy) is 3. The molecule has 0 aliphatic heterocycles.